The Bertz CT molecular complexity index is 70.8. The second kappa shape index (κ2) is 2.80. The molecule has 2 atom stereocenters. The Morgan fingerprint density at radius 2 is 2.25 bits per heavy atom. The molecule has 1 aliphatic heterocycles. The summed E-state index contributed by atoms with van der Waals surface area (Å²) in [5, 5.41) is 0. The van der Waals surface area contributed by atoms with Crippen LogP contribution >= 0.6 is 15.9 Å². The highest BCUT2D eigenvalue weighted by atomic mass is 79.9. The number of alkyl halides is 1. The summed E-state index contributed by atoms with van der Waals surface area (Å²) >= 11 is 3.42. The molecule has 1 saturated heterocycles. The van der Waals surface area contributed by atoms with Crippen molar-refractivity contribution in [2.24, 2.45) is 5.73 Å². The molecule has 1 heterocycles. The Hall–Kier alpha value is 0.400. The zero-order valence-corrected chi connectivity index (χ0v) is 6.23. The lowest BCUT2D eigenvalue weighted by Crippen LogP contribution is -2.36. The molecule has 0 aromatic heterocycles. The predicted molar refractivity (Wildman–Crippen MR) is 36.1 cm³/mol. The molecule has 48 valence electrons. The second-order valence-corrected chi connectivity index (χ2v) is 3.43. The van der Waals surface area contributed by atoms with E-state index in [0.717, 1.165) is 19.6 Å². The molecule has 2 nitrogen and oxygen atoms in total. The van der Waals surface area contributed by atoms with Gasteiger partial charge in [-0.25, -0.2) is 0 Å². The van der Waals surface area contributed by atoms with Crippen LogP contribution in [0.15, 0.2) is 0 Å². The highest BCUT2D eigenvalue weighted by Crippen LogP contribution is 2.12. The monoisotopic (exact) mass is 179 g/mol. The fraction of sp³-hybridized carbons (Fsp3) is 1.00. The summed E-state index contributed by atoms with van der Waals surface area (Å²) in [5.41, 5.74) is 5.57. The van der Waals surface area contributed by atoms with Gasteiger partial charge in [0.1, 0.15) is 0 Å². The van der Waals surface area contributed by atoms with Gasteiger partial charge in [0, 0.05) is 10.9 Å². The summed E-state index contributed by atoms with van der Waals surface area (Å²) in [4.78, 5) is 0.478. The third kappa shape index (κ3) is 1.73. The molecule has 0 aromatic carbocycles. The Kier molecular flexibility index (Phi) is 2.28. The molecule has 8 heavy (non-hydrogen) atoms. The van der Waals surface area contributed by atoms with Crippen molar-refractivity contribution in [3.8, 4) is 0 Å². The summed E-state index contributed by atoms with van der Waals surface area (Å²) in [5.74, 6) is 0. The lowest BCUT2D eigenvalue weighted by Gasteiger charge is -2.22. The lowest BCUT2D eigenvalue weighted by atomic mass is 10.1. The largest absolute Gasteiger partial charge is 0.379 e. The van der Waals surface area contributed by atoms with E-state index in [2.05, 4.69) is 15.9 Å². The Balaban J connectivity index is 2.23. The van der Waals surface area contributed by atoms with Gasteiger partial charge in [-0.3, -0.25) is 0 Å². The maximum absolute atomic E-state index is 5.57. The van der Waals surface area contributed by atoms with Crippen LogP contribution in [0.1, 0.15) is 6.42 Å². The molecule has 1 aliphatic rings. The zero-order valence-electron chi connectivity index (χ0n) is 4.64. The second-order valence-electron chi connectivity index (χ2n) is 2.13. The van der Waals surface area contributed by atoms with Crippen molar-refractivity contribution in [1.82, 2.24) is 0 Å². The fourth-order valence-electron chi connectivity index (χ4n) is 0.812. The quantitative estimate of drug-likeness (QED) is 0.551. The minimum Gasteiger partial charge on any atom is -0.379 e. The Morgan fingerprint density at radius 1 is 1.50 bits per heavy atom. The van der Waals surface area contributed by atoms with E-state index in [9.17, 15) is 0 Å². The van der Waals surface area contributed by atoms with Gasteiger partial charge in [-0.15, -0.1) is 0 Å². The molecule has 1 rings (SSSR count). The number of hydrogen-bond donors (Lipinski definition) is 1. The first-order valence-corrected chi connectivity index (χ1v) is 3.68. The van der Waals surface area contributed by atoms with E-state index in [-0.39, 0.29) is 6.04 Å². The molecule has 0 amide bonds. The molecule has 0 spiro atoms. The smallest absolute Gasteiger partial charge is 0.0618 e. The van der Waals surface area contributed by atoms with E-state index in [0.29, 0.717) is 4.83 Å². The van der Waals surface area contributed by atoms with Gasteiger partial charge in [0.15, 0.2) is 0 Å². The van der Waals surface area contributed by atoms with Gasteiger partial charge in [-0.05, 0) is 6.42 Å². The summed E-state index contributed by atoms with van der Waals surface area (Å²) in [7, 11) is 0. The van der Waals surface area contributed by atoms with Crippen LogP contribution in [-0.4, -0.2) is 24.1 Å². The number of ether oxygens (including phenoxy) is 1. The minimum absolute atomic E-state index is 0.244. The molecular formula is C5H10BrNO. The third-order valence-electron chi connectivity index (χ3n) is 1.19. The van der Waals surface area contributed by atoms with E-state index in [1.54, 1.807) is 0 Å². The first kappa shape index (κ1) is 6.52. The first-order valence-electron chi connectivity index (χ1n) is 2.76. The van der Waals surface area contributed by atoms with Gasteiger partial charge in [-0.2, -0.15) is 0 Å². The lowest BCUT2D eigenvalue weighted by molar-refractivity contribution is 0.0882. The molecule has 0 aromatic rings. The van der Waals surface area contributed by atoms with E-state index in [4.69, 9.17) is 10.5 Å². The van der Waals surface area contributed by atoms with Crippen molar-refractivity contribution >= 4 is 15.9 Å². The van der Waals surface area contributed by atoms with Crippen molar-refractivity contribution in [2.45, 2.75) is 17.3 Å². The average molecular weight is 180 g/mol. The molecule has 0 aliphatic carbocycles. The SMILES string of the molecule is NC1COCC(Br)C1. The van der Waals surface area contributed by atoms with Crippen LogP contribution in [0.3, 0.4) is 0 Å². The summed E-state index contributed by atoms with van der Waals surface area (Å²) in [6, 6.07) is 0.244. The van der Waals surface area contributed by atoms with E-state index < -0.39 is 0 Å². The normalized spacial score (nSPS) is 39.8. The van der Waals surface area contributed by atoms with Gasteiger partial charge in [-0.1, -0.05) is 15.9 Å². The number of rotatable bonds is 0. The summed E-state index contributed by atoms with van der Waals surface area (Å²) in [6.45, 7) is 1.54. The van der Waals surface area contributed by atoms with E-state index >= 15 is 0 Å². The van der Waals surface area contributed by atoms with Crippen molar-refractivity contribution in [1.29, 1.82) is 0 Å². The van der Waals surface area contributed by atoms with Gasteiger partial charge < -0.3 is 10.5 Å². The zero-order chi connectivity index (χ0) is 5.98. The van der Waals surface area contributed by atoms with Crippen molar-refractivity contribution in [3.05, 3.63) is 0 Å². The summed E-state index contributed by atoms with van der Waals surface area (Å²) in [6.07, 6.45) is 1.04. The standard InChI is InChI=1S/C5H10BrNO/c6-4-1-5(7)3-8-2-4/h4-5H,1-3,7H2. The Morgan fingerprint density at radius 3 is 2.62 bits per heavy atom. The van der Waals surface area contributed by atoms with Crippen molar-refractivity contribution < 1.29 is 4.74 Å². The molecule has 1 fully saturated rings. The van der Waals surface area contributed by atoms with Crippen LogP contribution in [0.25, 0.3) is 0 Å². The van der Waals surface area contributed by atoms with E-state index in [1.165, 1.54) is 0 Å². The number of nitrogens with two attached hydrogens (primary N) is 1. The molecule has 0 radical (unpaired) electrons. The van der Waals surface area contributed by atoms with Gasteiger partial charge in [0.25, 0.3) is 0 Å². The molecule has 2 N–H and O–H groups in total. The van der Waals surface area contributed by atoms with Crippen LogP contribution in [0, 0.1) is 0 Å². The van der Waals surface area contributed by atoms with Crippen LogP contribution < -0.4 is 5.73 Å². The fourth-order valence-corrected chi connectivity index (χ4v) is 1.48. The number of halogens is 1. The van der Waals surface area contributed by atoms with Crippen molar-refractivity contribution in [2.75, 3.05) is 13.2 Å². The highest BCUT2D eigenvalue weighted by Gasteiger charge is 2.15. The topological polar surface area (TPSA) is 35.2 Å². The molecule has 2 unspecified atom stereocenters. The van der Waals surface area contributed by atoms with Crippen LogP contribution in [-0.2, 0) is 4.74 Å². The highest BCUT2D eigenvalue weighted by molar-refractivity contribution is 9.09. The third-order valence-corrected chi connectivity index (χ3v) is 1.83. The molecule has 0 saturated carbocycles. The van der Waals surface area contributed by atoms with Gasteiger partial charge in [0.05, 0.1) is 13.2 Å². The van der Waals surface area contributed by atoms with Crippen LogP contribution in [0.2, 0.25) is 0 Å². The van der Waals surface area contributed by atoms with Crippen molar-refractivity contribution in [3.63, 3.8) is 0 Å². The maximum atomic E-state index is 5.57. The molecule has 3 heteroatoms. The predicted octanol–water partition coefficient (Wildman–Crippen LogP) is 0.497. The van der Waals surface area contributed by atoms with Gasteiger partial charge in [0.2, 0.25) is 0 Å². The van der Waals surface area contributed by atoms with Crippen LogP contribution in [0.4, 0.5) is 0 Å². The molecule has 0 bridgehead atoms. The van der Waals surface area contributed by atoms with Crippen LogP contribution in [0.5, 0.6) is 0 Å². The minimum atomic E-state index is 0.244. The van der Waals surface area contributed by atoms with Gasteiger partial charge >= 0.3 is 0 Å². The average Bonchev–Trinajstić information content (AvgIpc) is 1.64. The maximum Gasteiger partial charge on any atom is 0.0618 e. The molecular weight excluding hydrogens is 170 g/mol. The first-order chi connectivity index (χ1) is 3.79. The van der Waals surface area contributed by atoms with E-state index in [1.807, 2.05) is 0 Å². The summed E-state index contributed by atoms with van der Waals surface area (Å²) < 4.78 is 5.12. The number of hydrogen-bond acceptors (Lipinski definition) is 2. The Labute approximate surface area is 57.5 Å².